The molecule has 0 aromatic heterocycles. The molecule has 0 unspecified atom stereocenters. The van der Waals surface area contributed by atoms with E-state index in [0.717, 1.165) is 11.3 Å². The van der Waals surface area contributed by atoms with Gasteiger partial charge in [0.05, 0.1) is 0 Å². The molecule has 0 saturated carbocycles. The number of alkyl halides is 2. The van der Waals surface area contributed by atoms with Gasteiger partial charge in [0.25, 0.3) is 0 Å². The van der Waals surface area contributed by atoms with E-state index in [0.29, 0.717) is 18.5 Å². The second-order valence-corrected chi connectivity index (χ2v) is 5.43. The molecular formula is C18H21F2N3O. The van der Waals surface area contributed by atoms with E-state index in [4.69, 9.17) is 5.73 Å². The lowest BCUT2D eigenvalue weighted by Crippen LogP contribution is -2.23. The second-order valence-electron chi connectivity index (χ2n) is 5.43. The van der Waals surface area contributed by atoms with Gasteiger partial charge in [-0.05, 0) is 55.2 Å². The second kappa shape index (κ2) is 8.29. The summed E-state index contributed by atoms with van der Waals surface area (Å²) in [6.07, 6.45) is 0.457. The molecule has 0 aliphatic rings. The van der Waals surface area contributed by atoms with E-state index in [-0.39, 0.29) is 11.7 Å². The number of aliphatic imine (C=N–C) groups is 1. The minimum Gasteiger partial charge on any atom is -0.435 e. The Balaban J connectivity index is 1.94. The number of nitrogens with one attached hydrogen (secondary N) is 1. The Labute approximate surface area is 140 Å². The Morgan fingerprint density at radius 3 is 2.62 bits per heavy atom. The maximum absolute atomic E-state index is 12.4. The van der Waals surface area contributed by atoms with Gasteiger partial charge in [0.2, 0.25) is 0 Å². The molecule has 0 aliphatic heterocycles. The molecule has 128 valence electrons. The highest BCUT2D eigenvalue weighted by molar-refractivity contribution is 5.92. The molecule has 0 bridgehead atoms. The van der Waals surface area contributed by atoms with Crippen LogP contribution in [-0.4, -0.2) is 19.1 Å². The summed E-state index contributed by atoms with van der Waals surface area (Å²) in [7, 11) is 0. The zero-order valence-corrected chi connectivity index (χ0v) is 13.7. The van der Waals surface area contributed by atoms with Crippen molar-refractivity contribution < 1.29 is 13.5 Å². The molecule has 0 radical (unpaired) electrons. The summed E-state index contributed by atoms with van der Waals surface area (Å²) in [6, 6.07) is 12.6. The van der Waals surface area contributed by atoms with Gasteiger partial charge in [-0.3, -0.25) is 4.99 Å². The van der Waals surface area contributed by atoms with Crippen LogP contribution in [0.5, 0.6) is 5.75 Å². The first-order valence-electron chi connectivity index (χ1n) is 7.62. The van der Waals surface area contributed by atoms with Gasteiger partial charge in [0.15, 0.2) is 5.96 Å². The summed E-state index contributed by atoms with van der Waals surface area (Å²) in [5.74, 6) is 0.453. The van der Waals surface area contributed by atoms with Crippen molar-refractivity contribution >= 4 is 11.6 Å². The highest BCUT2D eigenvalue weighted by Crippen LogP contribution is 2.20. The number of benzene rings is 2. The standard InChI is InChI=1S/C18H21F2N3O/c1-12-7-8-15(11-13(12)2)23-18(21)22-10-9-14-5-3-4-6-16(14)24-17(19)20/h3-8,11,17H,9-10H2,1-2H3,(H3,21,22,23). The van der Waals surface area contributed by atoms with Crippen LogP contribution in [-0.2, 0) is 6.42 Å². The number of ether oxygens (including phenoxy) is 1. The smallest absolute Gasteiger partial charge is 0.387 e. The molecule has 6 heteroatoms. The van der Waals surface area contributed by atoms with Gasteiger partial charge in [0.1, 0.15) is 5.75 Å². The number of anilines is 1. The van der Waals surface area contributed by atoms with E-state index >= 15 is 0 Å². The summed E-state index contributed by atoms with van der Waals surface area (Å²) >= 11 is 0. The van der Waals surface area contributed by atoms with Crippen LogP contribution in [0.25, 0.3) is 0 Å². The number of rotatable bonds is 6. The summed E-state index contributed by atoms with van der Waals surface area (Å²) in [6.45, 7) is 1.59. The summed E-state index contributed by atoms with van der Waals surface area (Å²) in [4.78, 5) is 4.23. The SMILES string of the molecule is Cc1ccc(NC(N)=NCCc2ccccc2OC(F)F)cc1C. The van der Waals surface area contributed by atoms with E-state index in [9.17, 15) is 8.78 Å². The van der Waals surface area contributed by atoms with Crippen LogP contribution in [0.2, 0.25) is 0 Å². The van der Waals surface area contributed by atoms with Gasteiger partial charge in [-0.1, -0.05) is 24.3 Å². The van der Waals surface area contributed by atoms with Crippen molar-refractivity contribution in [3.05, 3.63) is 59.2 Å². The van der Waals surface area contributed by atoms with Crippen molar-refractivity contribution in [3.63, 3.8) is 0 Å². The quantitative estimate of drug-likeness (QED) is 0.623. The molecule has 3 N–H and O–H groups in total. The lowest BCUT2D eigenvalue weighted by atomic mass is 10.1. The first-order chi connectivity index (χ1) is 11.5. The molecule has 2 aromatic carbocycles. The molecule has 0 aliphatic carbocycles. The van der Waals surface area contributed by atoms with Crippen molar-refractivity contribution in [3.8, 4) is 5.75 Å². The fourth-order valence-electron chi connectivity index (χ4n) is 2.22. The molecule has 0 saturated heterocycles. The number of nitrogens with two attached hydrogens (primary N) is 1. The third-order valence-corrected chi connectivity index (χ3v) is 3.63. The van der Waals surface area contributed by atoms with E-state index in [1.54, 1.807) is 18.2 Å². The fourth-order valence-corrected chi connectivity index (χ4v) is 2.22. The number of hydrogen-bond acceptors (Lipinski definition) is 2. The number of halogens is 2. The van der Waals surface area contributed by atoms with Crippen molar-refractivity contribution in [2.24, 2.45) is 10.7 Å². The number of para-hydroxylation sites is 1. The Kier molecular flexibility index (Phi) is 6.12. The van der Waals surface area contributed by atoms with Crippen LogP contribution in [0.15, 0.2) is 47.5 Å². The van der Waals surface area contributed by atoms with E-state index < -0.39 is 6.61 Å². The molecular weight excluding hydrogens is 312 g/mol. The average Bonchev–Trinajstić information content (AvgIpc) is 2.52. The molecule has 24 heavy (non-hydrogen) atoms. The first kappa shape index (κ1) is 17.7. The van der Waals surface area contributed by atoms with Crippen LogP contribution < -0.4 is 15.8 Å². The fraction of sp³-hybridized carbons (Fsp3) is 0.278. The molecule has 0 spiro atoms. The summed E-state index contributed by atoms with van der Waals surface area (Å²) in [5, 5.41) is 3.02. The molecule has 0 heterocycles. The third-order valence-electron chi connectivity index (χ3n) is 3.63. The topological polar surface area (TPSA) is 59.6 Å². The largest absolute Gasteiger partial charge is 0.435 e. The maximum atomic E-state index is 12.4. The first-order valence-corrected chi connectivity index (χ1v) is 7.62. The van der Waals surface area contributed by atoms with Gasteiger partial charge in [-0.15, -0.1) is 0 Å². The van der Waals surface area contributed by atoms with Crippen LogP contribution in [0.3, 0.4) is 0 Å². The number of nitrogens with zero attached hydrogens (tertiary/aromatic N) is 1. The molecule has 2 aromatic rings. The molecule has 4 nitrogen and oxygen atoms in total. The highest BCUT2D eigenvalue weighted by Gasteiger charge is 2.08. The lowest BCUT2D eigenvalue weighted by molar-refractivity contribution is -0.0504. The summed E-state index contributed by atoms with van der Waals surface area (Å²) < 4.78 is 29.2. The molecule has 0 amide bonds. The van der Waals surface area contributed by atoms with Crippen LogP contribution in [0.4, 0.5) is 14.5 Å². The summed E-state index contributed by atoms with van der Waals surface area (Å²) in [5.41, 5.74) is 9.75. The highest BCUT2D eigenvalue weighted by atomic mass is 19.3. The van der Waals surface area contributed by atoms with Gasteiger partial charge in [0, 0.05) is 12.2 Å². The maximum Gasteiger partial charge on any atom is 0.387 e. The van der Waals surface area contributed by atoms with Crippen molar-refractivity contribution in [2.45, 2.75) is 26.9 Å². The van der Waals surface area contributed by atoms with Crippen LogP contribution >= 0.6 is 0 Å². The zero-order valence-electron chi connectivity index (χ0n) is 13.7. The predicted octanol–water partition coefficient (Wildman–Crippen LogP) is 3.87. The minimum absolute atomic E-state index is 0.170. The van der Waals surface area contributed by atoms with Gasteiger partial charge in [-0.25, -0.2) is 0 Å². The molecule has 0 fully saturated rings. The Bertz CT molecular complexity index is 717. The van der Waals surface area contributed by atoms with E-state index in [2.05, 4.69) is 15.0 Å². The Morgan fingerprint density at radius 1 is 1.17 bits per heavy atom. The van der Waals surface area contributed by atoms with Crippen LogP contribution in [0, 0.1) is 13.8 Å². The number of hydrogen-bond donors (Lipinski definition) is 2. The number of aryl methyl sites for hydroxylation is 2. The van der Waals surface area contributed by atoms with Gasteiger partial charge in [-0.2, -0.15) is 8.78 Å². The monoisotopic (exact) mass is 333 g/mol. The lowest BCUT2D eigenvalue weighted by Gasteiger charge is -2.10. The third kappa shape index (κ3) is 5.22. The van der Waals surface area contributed by atoms with Crippen molar-refractivity contribution in [2.75, 3.05) is 11.9 Å². The van der Waals surface area contributed by atoms with Crippen LogP contribution in [0.1, 0.15) is 16.7 Å². The van der Waals surface area contributed by atoms with Gasteiger partial charge < -0.3 is 15.8 Å². The van der Waals surface area contributed by atoms with Crippen molar-refractivity contribution in [1.29, 1.82) is 0 Å². The minimum atomic E-state index is -2.84. The Hall–Kier alpha value is -2.63. The molecule has 0 atom stereocenters. The average molecular weight is 333 g/mol. The zero-order chi connectivity index (χ0) is 17.5. The van der Waals surface area contributed by atoms with Crippen molar-refractivity contribution in [1.82, 2.24) is 0 Å². The van der Waals surface area contributed by atoms with E-state index in [1.807, 2.05) is 32.0 Å². The number of guanidine groups is 1. The Morgan fingerprint density at radius 2 is 1.92 bits per heavy atom. The van der Waals surface area contributed by atoms with E-state index in [1.165, 1.54) is 11.6 Å². The van der Waals surface area contributed by atoms with Gasteiger partial charge >= 0.3 is 6.61 Å². The predicted molar refractivity (Wildman–Crippen MR) is 92.8 cm³/mol. The molecule has 2 rings (SSSR count). The normalized spacial score (nSPS) is 11.6.